The minimum absolute atomic E-state index is 0.0192. The van der Waals surface area contributed by atoms with Crippen molar-refractivity contribution in [3.63, 3.8) is 0 Å². The molecule has 1 atom stereocenters. The Hall–Kier alpha value is -2.61. The van der Waals surface area contributed by atoms with Gasteiger partial charge in [-0.1, -0.05) is 60.7 Å². The predicted octanol–water partition coefficient (Wildman–Crippen LogP) is 2.13. The number of hydrazine groups is 1. The highest BCUT2D eigenvalue weighted by Gasteiger charge is 2.23. The van der Waals surface area contributed by atoms with E-state index in [0.29, 0.717) is 12.2 Å². The average molecular weight is 357 g/mol. The Morgan fingerprint density at radius 3 is 2.28 bits per heavy atom. The number of rotatable bonds is 7. The Balaban J connectivity index is 1.72. The number of nitrogens with one attached hydrogen (secondary N) is 3. The Labute approximate surface area is 151 Å². The average Bonchev–Trinajstić information content (AvgIpc) is 2.65. The van der Waals surface area contributed by atoms with Crippen molar-refractivity contribution in [3.8, 4) is 0 Å². The lowest BCUT2D eigenvalue weighted by Gasteiger charge is -2.14. The number of thiocarbonyl (C=S) groups is 1. The van der Waals surface area contributed by atoms with E-state index < -0.39 is 11.8 Å². The van der Waals surface area contributed by atoms with Crippen LogP contribution < -0.4 is 16.3 Å². The first-order chi connectivity index (χ1) is 12.1. The van der Waals surface area contributed by atoms with Crippen LogP contribution in [0.15, 0.2) is 60.7 Å². The zero-order chi connectivity index (χ0) is 18.1. The third-order valence-electron chi connectivity index (χ3n) is 3.40. The highest BCUT2D eigenvalue weighted by Crippen LogP contribution is 2.08. The van der Waals surface area contributed by atoms with Gasteiger partial charge in [-0.25, -0.2) is 0 Å². The fourth-order valence-electron chi connectivity index (χ4n) is 2.00. The summed E-state index contributed by atoms with van der Waals surface area (Å²) in [6.45, 7) is 1.86. The van der Waals surface area contributed by atoms with Crippen LogP contribution >= 0.6 is 12.2 Å². The van der Waals surface area contributed by atoms with Gasteiger partial charge in [0.15, 0.2) is 10.9 Å². The van der Waals surface area contributed by atoms with Gasteiger partial charge in [0.2, 0.25) is 5.91 Å². The SMILES string of the molecule is CC(C(=O)NC(=S)NNOCc1ccccc1)C(=O)c1ccccc1. The number of carbonyl (C=O) groups excluding carboxylic acids is 2. The van der Waals surface area contributed by atoms with Crippen LogP contribution in [0, 0.1) is 5.92 Å². The molecule has 2 rings (SSSR count). The van der Waals surface area contributed by atoms with E-state index in [1.807, 2.05) is 36.4 Å². The van der Waals surface area contributed by atoms with Gasteiger partial charge in [-0.05, 0) is 24.7 Å². The number of ketones is 1. The molecule has 6 nitrogen and oxygen atoms in total. The summed E-state index contributed by atoms with van der Waals surface area (Å²) in [7, 11) is 0. The lowest BCUT2D eigenvalue weighted by Crippen LogP contribution is -2.48. The number of benzene rings is 2. The molecule has 0 spiro atoms. The molecular formula is C18H19N3O3S. The zero-order valence-corrected chi connectivity index (χ0v) is 14.5. The molecule has 2 aromatic carbocycles. The summed E-state index contributed by atoms with van der Waals surface area (Å²) in [6, 6.07) is 18.2. The van der Waals surface area contributed by atoms with Crippen LogP contribution in [0.5, 0.6) is 0 Å². The second-order valence-corrected chi connectivity index (χ2v) is 5.68. The minimum atomic E-state index is -0.854. The number of Topliss-reactive ketones (excluding diaryl/α,β-unsaturated/α-hetero) is 1. The Bertz CT molecular complexity index is 723. The van der Waals surface area contributed by atoms with Crippen molar-refractivity contribution in [3.05, 3.63) is 71.8 Å². The Morgan fingerprint density at radius 2 is 1.64 bits per heavy atom. The van der Waals surface area contributed by atoms with Crippen LogP contribution in [-0.2, 0) is 16.2 Å². The van der Waals surface area contributed by atoms with Gasteiger partial charge in [0.25, 0.3) is 0 Å². The standard InChI is InChI=1S/C18H19N3O3S/c1-13(16(22)15-10-6-3-7-11-15)17(23)19-18(25)20-21-24-12-14-8-4-2-5-9-14/h2-11,13,21H,12H2,1H3,(H2,19,20,23,25). The molecular weight excluding hydrogens is 338 g/mol. The summed E-state index contributed by atoms with van der Waals surface area (Å²) in [4.78, 5) is 29.5. The fourth-order valence-corrected chi connectivity index (χ4v) is 2.14. The molecule has 1 amide bonds. The van der Waals surface area contributed by atoms with Gasteiger partial charge in [-0.2, -0.15) is 0 Å². The van der Waals surface area contributed by atoms with E-state index >= 15 is 0 Å². The maximum Gasteiger partial charge on any atom is 0.236 e. The van der Waals surface area contributed by atoms with E-state index in [-0.39, 0.29) is 10.9 Å². The fraction of sp³-hybridized carbons (Fsp3) is 0.167. The zero-order valence-electron chi connectivity index (χ0n) is 13.7. The molecule has 2 aromatic rings. The normalized spacial score (nSPS) is 11.4. The molecule has 1 unspecified atom stereocenters. The van der Waals surface area contributed by atoms with Crippen molar-refractivity contribution in [2.24, 2.45) is 5.92 Å². The van der Waals surface area contributed by atoms with Crippen molar-refractivity contribution >= 4 is 29.0 Å². The number of hydrogen-bond acceptors (Lipinski definition) is 5. The molecule has 0 aliphatic carbocycles. The molecule has 0 bridgehead atoms. The van der Waals surface area contributed by atoms with Crippen LogP contribution in [0.2, 0.25) is 0 Å². The van der Waals surface area contributed by atoms with Crippen LogP contribution in [0.1, 0.15) is 22.8 Å². The van der Waals surface area contributed by atoms with Crippen molar-refractivity contribution in [2.75, 3.05) is 0 Å². The maximum absolute atomic E-state index is 12.2. The van der Waals surface area contributed by atoms with Crippen molar-refractivity contribution < 1.29 is 14.4 Å². The Kier molecular flexibility index (Phi) is 7.21. The van der Waals surface area contributed by atoms with Crippen molar-refractivity contribution in [1.82, 2.24) is 16.3 Å². The van der Waals surface area contributed by atoms with Gasteiger partial charge < -0.3 is 5.32 Å². The van der Waals surface area contributed by atoms with Crippen LogP contribution in [-0.4, -0.2) is 16.8 Å². The summed E-state index contributed by atoms with van der Waals surface area (Å²) in [5, 5.41) is 2.47. The van der Waals surface area contributed by atoms with Crippen molar-refractivity contribution in [1.29, 1.82) is 0 Å². The second-order valence-electron chi connectivity index (χ2n) is 5.27. The third-order valence-corrected chi connectivity index (χ3v) is 3.60. The van der Waals surface area contributed by atoms with E-state index in [1.165, 1.54) is 6.92 Å². The van der Waals surface area contributed by atoms with E-state index in [9.17, 15) is 9.59 Å². The summed E-state index contributed by atoms with van der Waals surface area (Å²) in [6.07, 6.45) is 0. The number of hydrogen-bond donors (Lipinski definition) is 3. The van der Waals surface area contributed by atoms with Gasteiger partial charge in [0, 0.05) is 5.56 Å². The van der Waals surface area contributed by atoms with Crippen LogP contribution in [0.4, 0.5) is 0 Å². The minimum Gasteiger partial charge on any atom is -0.301 e. The topological polar surface area (TPSA) is 79.5 Å². The van der Waals surface area contributed by atoms with E-state index in [2.05, 4.69) is 16.3 Å². The lowest BCUT2D eigenvalue weighted by atomic mass is 9.99. The molecule has 7 heteroatoms. The van der Waals surface area contributed by atoms with Gasteiger partial charge in [-0.15, -0.1) is 5.59 Å². The first-order valence-corrected chi connectivity index (χ1v) is 8.09. The van der Waals surface area contributed by atoms with Gasteiger partial charge in [0.1, 0.15) is 0 Å². The predicted molar refractivity (Wildman–Crippen MR) is 98.2 cm³/mol. The largest absolute Gasteiger partial charge is 0.301 e. The summed E-state index contributed by atoms with van der Waals surface area (Å²) < 4.78 is 0. The highest BCUT2D eigenvalue weighted by atomic mass is 32.1. The quantitative estimate of drug-likeness (QED) is 0.232. The summed E-state index contributed by atoms with van der Waals surface area (Å²) >= 11 is 4.99. The molecule has 0 aliphatic rings. The maximum atomic E-state index is 12.2. The van der Waals surface area contributed by atoms with Gasteiger partial charge >= 0.3 is 0 Å². The van der Waals surface area contributed by atoms with E-state index in [1.54, 1.807) is 24.3 Å². The molecule has 0 saturated heterocycles. The molecule has 0 heterocycles. The molecule has 0 aliphatic heterocycles. The molecule has 130 valence electrons. The molecule has 3 N–H and O–H groups in total. The molecule has 25 heavy (non-hydrogen) atoms. The Morgan fingerprint density at radius 1 is 1.04 bits per heavy atom. The van der Waals surface area contributed by atoms with E-state index in [0.717, 1.165) is 5.56 Å². The lowest BCUT2D eigenvalue weighted by molar-refractivity contribution is -0.121. The van der Waals surface area contributed by atoms with Gasteiger partial charge in [-0.3, -0.25) is 19.9 Å². The first-order valence-electron chi connectivity index (χ1n) is 7.68. The highest BCUT2D eigenvalue weighted by molar-refractivity contribution is 7.80. The summed E-state index contributed by atoms with van der Waals surface area (Å²) in [5.74, 6) is -1.61. The molecule has 0 saturated carbocycles. The first kappa shape index (κ1) is 18.7. The third kappa shape index (κ3) is 6.07. The number of amides is 1. The van der Waals surface area contributed by atoms with E-state index in [4.69, 9.17) is 17.1 Å². The molecule has 0 aromatic heterocycles. The molecule has 0 fully saturated rings. The smallest absolute Gasteiger partial charge is 0.236 e. The monoisotopic (exact) mass is 357 g/mol. The second kappa shape index (κ2) is 9.63. The summed E-state index contributed by atoms with van der Waals surface area (Å²) in [5.41, 5.74) is 6.44. The van der Waals surface area contributed by atoms with Crippen LogP contribution in [0.25, 0.3) is 0 Å². The van der Waals surface area contributed by atoms with Gasteiger partial charge in [0.05, 0.1) is 12.5 Å². The number of carbonyl (C=O) groups is 2. The molecule has 0 radical (unpaired) electrons. The van der Waals surface area contributed by atoms with Crippen molar-refractivity contribution in [2.45, 2.75) is 13.5 Å². The van der Waals surface area contributed by atoms with Crippen LogP contribution in [0.3, 0.4) is 0 Å².